The van der Waals surface area contributed by atoms with Gasteiger partial charge in [0.2, 0.25) is 5.91 Å². The van der Waals surface area contributed by atoms with Crippen LogP contribution in [0.1, 0.15) is 32.8 Å². The summed E-state index contributed by atoms with van der Waals surface area (Å²) in [6.07, 6.45) is 1.01. The molecular weight excluding hydrogens is 238 g/mol. The number of hydrogen-bond acceptors (Lipinski definition) is 3. The Morgan fingerprint density at radius 1 is 1.42 bits per heavy atom. The molecule has 0 aromatic heterocycles. The first-order chi connectivity index (χ1) is 9.13. The molecular formula is C15H21N3O. The molecule has 102 valence electrons. The maximum atomic E-state index is 12.2. The van der Waals surface area contributed by atoms with Gasteiger partial charge in [0, 0.05) is 0 Å². The highest BCUT2D eigenvalue weighted by molar-refractivity contribution is 5.95. The highest BCUT2D eigenvalue weighted by Gasteiger charge is 2.19. The number of nitrogens with one attached hydrogen (secondary N) is 1. The molecule has 1 unspecified atom stereocenters. The fourth-order valence-electron chi connectivity index (χ4n) is 2.01. The number of hydrogen-bond donors (Lipinski definition) is 1. The zero-order chi connectivity index (χ0) is 14.3. The molecule has 4 heteroatoms. The normalized spacial score (nSPS) is 11.9. The van der Waals surface area contributed by atoms with Crippen LogP contribution in [0.5, 0.6) is 0 Å². The van der Waals surface area contributed by atoms with E-state index in [1.54, 1.807) is 18.2 Å². The van der Waals surface area contributed by atoms with Crippen molar-refractivity contribution < 1.29 is 4.79 Å². The van der Waals surface area contributed by atoms with Crippen LogP contribution in [0.15, 0.2) is 24.3 Å². The minimum absolute atomic E-state index is 0.0713. The molecule has 0 radical (unpaired) electrons. The van der Waals surface area contributed by atoms with Crippen LogP contribution in [-0.2, 0) is 4.79 Å². The van der Waals surface area contributed by atoms with E-state index >= 15 is 0 Å². The van der Waals surface area contributed by atoms with E-state index in [-0.39, 0.29) is 11.9 Å². The molecule has 0 aliphatic carbocycles. The number of rotatable bonds is 6. The molecule has 1 N–H and O–H groups in total. The number of para-hydroxylation sites is 1. The lowest BCUT2D eigenvalue weighted by atomic mass is 10.1. The van der Waals surface area contributed by atoms with Crippen LogP contribution in [0.4, 0.5) is 5.69 Å². The molecule has 0 spiro atoms. The summed E-state index contributed by atoms with van der Waals surface area (Å²) in [7, 11) is 0. The number of likely N-dealkylation sites (N-methyl/N-ethyl adjacent to an activating group) is 1. The number of benzene rings is 1. The highest BCUT2D eigenvalue weighted by Crippen LogP contribution is 2.14. The van der Waals surface area contributed by atoms with Crippen LogP contribution in [0.3, 0.4) is 0 Å². The molecule has 1 rings (SSSR count). The van der Waals surface area contributed by atoms with Crippen molar-refractivity contribution in [1.82, 2.24) is 4.90 Å². The van der Waals surface area contributed by atoms with Gasteiger partial charge in [0.25, 0.3) is 0 Å². The van der Waals surface area contributed by atoms with Crippen molar-refractivity contribution in [3.8, 4) is 6.07 Å². The van der Waals surface area contributed by atoms with Crippen molar-refractivity contribution in [2.75, 3.05) is 18.4 Å². The maximum Gasteiger partial charge on any atom is 0.241 e. The van der Waals surface area contributed by atoms with Gasteiger partial charge < -0.3 is 5.32 Å². The third-order valence-corrected chi connectivity index (χ3v) is 3.15. The number of anilines is 1. The van der Waals surface area contributed by atoms with E-state index < -0.39 is 0 Å². The van der Waals surface area contributed by atoms with Crippen LogP contribution < -0.4 is 5.32 Å². The van der Waals surface area contributed by atoms with Gasteiger partial charge >= 0.3 is 0 Å². The first-order valence-electron chi connectivity index (χ1n) is 6.68. The maximum absolute atomic E-state index is 12.2. The van der Waals surface area contributed by atoms with Gasteiger partial charge in [-0.2, -0.15) is 5.26 Å². The van der Waals surface area contributed by atoms with Gasteiger partial charge in [0.05, 0.1) is 17.3 Å². The minimum atomic E-state index is -0.198. The standard InChI is InChI=1S/C15H21N3O/c1-4-10-18(5-2)12(3)15(19)17-14-9-7-6-8-13(14)11-16/h6-9,12H,4-5,10H2,1-3H3,(H,17,19). The Morgan fingerprint density at radius 3 is 2.68 bits per heavy atom. The summed E-state index contributed by atoms with van der Waals surface area (Å²) in [5.74, 6) is -0.0713. The van der Waals surface area contributed by atoms with E-state index in [0.717, 1.165) is 19.5 Å². The Hall–Kier alpha value is -1.86. The number of amides is 1. The lowest BCUT2D eigenvalue weighted by Gasteiger charge is -2.26. The van der Waals surface area contributed by atoms with Crippen LogP contribution >= 0.6 is 0 Å². The van der Waals surface area contributed by atoms with Crippen molar-refractivity contribution in [2.24, 2.45) is 0 Å². The fourth-order valence-corrected chi connectivity index (χ4v) is 2.01. The predicted molar refractivity (Wildman–Crippen MR) is 76.8 cm³/mol. The lowest BCUT2D eigenvalue weighted by molar-refractivity contribution is -0.120. The third kappa shape index (κ3) is 4.08. The number of carbonyl (C=O) groups excluding carboxylic acids is 1. The molecule has 0 saturated heterocycles. The van der Waals surface area contributed by atoms with E-state index in [2.05, 4.69) is 23.2 Å². The fraction of sp³-hybridized carbons (Fsp3) is 0.467. The summed E-state index contributed by atoms with van der Waals surface area (Å²) in [6, 6.07) is 8.93. The van der Waals surface area contributed by atoms with Crippen molar-refractivity contribution in [3.05, 3.63) is 29.8 Å². The molecule has 0 saturated carbocycles. The van der Waals surface area contributed by atoms with Crippen molar-refractivity contribution in [1.29, 1.82) is 5.26 Å². The van der Waals surface area contributed by atoms with Gasteiger partial charge in [-0.15, -0.1) is 0 Å². The van der Waals surface area contributed by atoms with E-state index in [1.165, 1.54) is 0 Å². The van der Waals surface area contributed by atoms with Gasteiger partial charge in [0.15, 0.2) is 0 Å². The molecule has 1 aromatic rings. The van der Waals surface area contributed by atoms with Crippen molar-refractivity contribution in [3.63, 3.8) is 0 Å². The second-order valence-corrected chi connectivity index (χ2v) is 4.45. The van der Waals surface area contributed by atoms with Crippen LogP contribution in [0, 0.1) is 11.3 Å². The largest absolute Gasteiger partial charge is 0.324 e. The third-order valence-electron chi connectivity index (χ3n) is 3.15. The summed E-state index contributed by atoms with van der Waals surface area (Å²) in [5.41, 5.74) is 1.07. The molecule has 19 heavy (non-hydrogen) atoms. The Bertz CT molecular complexity index is 465. The molecule has 0 heterocycles. The predicted octanol–water partition coefficient (Wildman–Crippen LogP) is 2.62. The first-order valence-corrected chi connectivity index (χ1v) is 6.68. The summed E-state index contributed by atoms with van der Waals surface area (Å²) in [5, 5.41) is 11.8. The average Bonchev–Trinajstić information content (AvgIpc) is 2.44. The number of carbonyl (C=O) groups is 1. The monoisotopic (exact) mass is 259 g/mol. The Morgan fingerprint density at radius 2 is 2.11 bits per heavy atom. The van der Waals surface area contributed by atoms with Gasteiger partial charge in [0.1, 0.15) is 6.07 Å². The summed E-state index contributed by atoms with van der Waals surface area (Å²) in [6.45, 7) is 7.76. The van der Waals surface area contributed by atoms with Crippen molar-refractivity contribution >= 4 is 11.6 Å². The van der Waals surface area contributed by atoms with Gasteiger partial charge in [-0.1, -0.05) is 26.0 Å². The van der Waals surface area contributed by atoms with Crippen LogP contribution in [0.2, 0.25) is 0 Å². The quantitative estimate of drug-likeness (QED) is 0.854. The molecule has 1 aromatic carbocycles. The number of nitriles is 1. The SMILES string of the molecule is CCCN(CC)C(C)C(=O)Nc1ccccc1C#N. The van der Waals surface area contributed by atoms with Crippen molar-refractivity contribution in [2.45, 2.75) is 33.2 Å². The highest BCUT2D eigenvalue weighted by atomic mass is 16.2. The van der Waals surface area contributed by atoms with Gasteiger partial charge in [-0.05, 0) is 38.6 Å². The Kier molecular flexibility index (Phi) is 6.04. The number of nitrogens with zero attached hydrogens (tertiary/aromatic N) is 2. The summed E-state index contributed by atoms with van der Waals surface area (Å²) >= 11 is 0. The summed E-state index contributed by atoms with van der Waals surface area (Å²) in [4.78, 5) is 14.3. The molecule has 1 atom stereocenters. The molecule has 4 nitrogen and oxygen atoms in total. The zero-order valence-electron chi connectivity index (χ0n) is 11.8. The van der Waals surface area contributed by atoms with Crippen LogP contribution in [0.25, 0.3) is 0 Å². The second-order valence-electron chi connectivity index (χ2n) is 4.45. The van der Waals surface area contributed by atoms with E-state index in [4.69, 9.17) is 5.26 Å². The summed E-state index contributed by atoms with van der Waals surface area (Å²) < 4.78 is 0. The zero-order valence-corrected chi connectivity index (χ0v) is 11.8. The average molecular weight is 259 g/mol. The van der Waals surface area contributed by atoms with E-state index in [1.807, 2.05) is 19.9 Å². The second kappa shape index (κ2) is 7.55. The first kappa shape index (κ1) is 15.2. The molecule has 0 bridgehead atoms. The van der Waals surface area contributed by atoms with E-state index in [9.17, 15) is 4.79 Å². The molecule has 0 fully saturated rings. The smallest absolute Gasteiger partial charge is 0.241 e. The van der Waals surface area contributed by atoms with Crippen LogP contribution in [-0.4, -0.2) is 29.9 Å². The Labute approximate surface area is 115 Å². The Balaban J connectivity index is 2.76. The minimum Gasteiger partial charge on any atom is -0.324 e. The van der Waals surface area contributed by atoms with Gasteiger partial charge in [-0.3, -0.25) is 9.69 Å². The molecule has 0 aliphatic rings. The molecule has 0 aliphatic heterocycles. The lowest BCUT2D eigenvalue weighted by Crippen LogP contribution is -2.42. The van der Waals surface area contributed by atoms with Gasteiger partial charge in [-0.25, -0.2) is 0 Å². The molecule has 1 amide bonds. The van der Waals surface area contributed by atoms with E-state index in [0.29, 0.717) is 11.3 Å². The topological polar surface area (TPSA) is 56.1 Å².